The first kappa shape index (κ1) is 55.5. The second-order valence-electron chi connectivity index (χ2n) is 16.8. The Balaban J connectivity index is 4.21. The Morgan fingerprint density at radius 3 is 1.42 bits per heavy atom. The van der Waals surface area contributed by atoms with E-state index in [1.165, 1.54) is 109 Å². The molecule has 0 bridgehead atoms. The molecule has 0 aromatic heterocycles. The van der Waals surface area contributed by atoms with Crippen LogP contribution in [0.25, 0.3) is 0 Å². The number of phosphoric acid groups is 1. The summed E-state index contributed by atoms with van der Waals surface area (Å²) in [5.41, 5.74) is 0. The lowest BCUT2D eigenvalue weighted by Gasteiger charge is -2.24. The molecule has 0 amide bonds. The third-order valence-corrected chi connectivity index (χ3v) is 10.8. The largest absolute Gasteiger partial charge is 0.472 e. The fourth-order valence-electron chi connectivity index (χ4n) is 6.20. The lowest BCUT2D eigenvalue weighted by atomic mass is 10.1. The lowest BCUT2D eigenvalue weighted by Crippen LogP contribution is -2.37. The summed E-state index contributed by atoms with van der Waals surface area (Å²) < 4.78 is 35.0. The van der Waals surface area contributed by atoms with Gasteiger partial charge in [-0.3, -0.25) is 13.8 Å². The van der Waals surface area contributed by atoms with Gasteiger partial charge in [0.2, 0.25) is 0 Å². The quantitative estimate of drug-likeness (QED) is 0.0215. The number of hydrogen-bond acceptors (Lipinski definition) is 6. The zero-order valence-electron chi connectivity index (χ0n) is 37.8. The third-order valence-electron chi connectivity index (χ3n) is 9.86. The minimum Gasteiger partial charge on any atom is -0.457 e. The predicted molar refractivity (Wildman–Crippen MR) is 243 cm³/mol. The zero-order chi connectivity index (χ0) is 42.0. The molecule has 0 aliphatic rings. The van der Waals surface area contributed by atoms with E-state index in [2.05, 4.69) is 62.5 Å². The van der Waals surface area contributed by atoms with Crippen LogP contribution in [-0.2, 0) is 27.9 Å². The molecule has 0 aliphatic carbocycles. The number of unbranched alkanes of at least 4 members (excludes halogenated alkanes) is 21. The van der Waals surface area contributed by atoms with Crippen molar-refractivity contribution in [2.75, 3.05) is 54.1 Å². The number of carbonyl (C=O) groups excluding carboxylic acids is 1. The maximum atomic E-state index is 12.7. The molecule has 0 heterocycles. The van der Waals surface area contributed by atoms with Crippen molar-refractivity contribution in [3.8, 4) is 0 Å². The van der Waals surface area contributed by atoms with E-state index in [1.807, 2.05) is 21.1 Å². The number of ether oxygens (including phenoxy) is 2. The van der Waals surface area contributed by atoms with Crippen LogP contribution < -0.4 is 0 Å². The van der Waals surface area contributed by atoms with E-state index in [4.69, 9.17) is 18.5 Å². The van der Waals surface area contributed by atoms with Gasteiger partial charge in [-0.25, -0.2) is 4.57 Å². The monoisotopic (exact) mass is 825 g/mol. The highest BCUT2D eigenvalue weighted by Gasteiger charge is 2.26. The van der Waals surface area contributed by atoms with Crippen LogP contribution in [0.15, 0.2) is 48.6 Å². The molecule has 0 aromatic carbocycles. The Bertz CT molecular complexity index is 1050. The number of hydrogen-bond donors (Lipinski definition) is 1. The third kappa shape index (κ3) is 45.4. The van der Waals surface area contributed by atoms with Crippen LogP contribution in [0, 0.1) is 0 Å². The zero-order valence-corrected chi connectivity index (χ0v) is 38.7. The van der Waals surface area contributed by atoms with Crippen molar-refractivity contribution in [3.63, 3.8) is 0 Å². The minimum absolute atomic E-state index is 0.0840. The first-order chi connectivity index (χ1) is 27.6. The van der Waals surface area contributed by atoms with Gasteiger partial charge in [-0.15, -0.1) is 0 Å². The van der Waals surface area contributed by atoms with Crippen LogP contribution >= 0.6 is 7.82 Å². The Labute approximate surface area is 352 Å². The smallest absolute Gasteiger partial charge is 0.457 e. The highest BCUT2D eigenvalue weighted by atomic mass is 31.2. The first-order valence-corrected chi connectivity index (χ1v) is 24.9. The van der Waals surface area contributed by atoms with Gasteiger partial charge in [0.1, 0.15) is 19.3 Å². The molecule has 9 heteroatoms. The van der Waals surface area contributed by atoms with E-state index in [0.717, 1.165) is 64.2 Å². The summed E-state index contributed by atoms with van der Waals surface area (Å²) in [6.45, 7) is 5.55. The highest BCUT2D eigenvalue weighted by molar-refractivity contribution is 7.47. The molecule has 0 aliphatic heterocycles. The van der Waals surface area contributed by atoms with Crippen molar-refractivity contribution >= 4 is 13.8 Å². The molecule has 334 valence electrons. The Morgan fingerprint density at radius 2 is 0.965 bits per heavy atom. The van der Waals surface area contributed by atoms with Gasteiger partial charge in [0.15, 0.2) is 0 Å². The predicted octanol–water partition coefficient (Wildman–Crippen LogP) is 13.9. The summed E-state index contributed by atoms with van der Waals surface area (Å²) >= 11 is 0. The number of quaternary nitrogens is 1. The van der Waals surface area contributed by atoms with Gasteiger partial charge >= 0.3 is 13.8 Å². The van der Waals surface area contributed by atoms with E-state index < -0.39 is 13.9 Å². The highest BCUT2D eigenvalue weighted by Crippen LogP contribution is 2.43. The van der Waals surface area contributed by atoms with Gasteiger partial charge in [-0.05, 0) is 77.0 Å². The van der Waals surface area contributed by atoms with Crippen molar-refractivity contribution in [3.05, 3.63) is 48.6 Å². The molecule has 2 atom stereocenters. The lowest BCUT2D eigenvalue weighted by molar-refractivity contribution is -0.870. The maximum absolute atomic E-state index is 12.7. The molecule has 0 fully saturated rings. The van der Waals surface area contributed by atoms with Gasteiger partial charge in [-0.2, -0.15) is 0 Å². The summed E-state index contributed by atoms with van der Waals surface area (Å²) in [6, 6.07) is 0. The summed E-state index contributed by atoms with van der Waals surface area (Å²) in [5, 5.41) is 0. The van der Waals surface area contributed by atoms with E-state index in [9.17, 15) is 14.3 Å². The van der Waals surface area contributed by atoms with Crippen LogP contribution in [0.1, 0.15) is 194 Å². The van der Waals surface area contributed by atoms with Crippen LogP contribution in [-0.4, -0.2) is 75.6 Å². The SMILES string of the molecule is CCCCC/C=C\C/C=C\CCCCCCCCCCCCOCC(COP(=O)(O)OCC[N+](C)(C)C)OC(=O)CCCCCCC/C=C\C/C=C\CCCCC. The molecular weight excluding hydrogens is 734 g/mol. The van der Waals surface area contributed by atoms with Gasteiger partial charge in [0.25, 0.3) is 0 Å². The van der Waals surface area contributed by atoms with E-state index in [-0.39, 0.29) is 25.8 Å². The van der Waals surface area contributed by atoms with Crippen LogP contribution in [0.3, 0.4) is 0 Å². The topological polar surface area (TPSA) is 91.3 Å². The molecule has 2 unspecified atom stereocenters. The minimum atomic E-state index is -4.28. The number of carbonyl (C=O) groups is 1. The normalized spacial score (nSPS) is 14.1. The number of rotatable bonds is 43. The Morgan fingerprint density at radius 1 is 0.544 bits per heavy atom. The van der Waals surface area contributed by atoms with Crippen molar-refractivity contribution in [2.45, 2.75) is 200 Å². The summed E-state index contributed by atoms with van der Waals surface area (Å²) in [7, 11) is 1.65. The molecule has 8 nitrogen and oxygen atoms in total. The fourth-order valence-corrected chi connectivity index (χ4v) is 6.94. The van der Waals surface area contributed by atoms with Crippen molar-refractivity contribution in [2.24, 2.45) is 0 Å². The van der Waals surface area contributed by atoms with Gasteiger partial charge in [-0.1, -0.05) is 159 Å². The molecule has 1 N–H and O–H groups in total. The summed E-state index contributed by atoms with van der Waals surface area (Å²) in [5.74, 6) is -0.329. The van der Waals surface area contributed by atoms with Crippen molar-refractivity contribution < 1.29 is 37.3 Å². The number of esters is 1. The fraction of sp³-hybridized carbons (Fsp3) is 0.812. The molecule has 0 aromatic rings. The standard InChI is InChI=1S/C48H90NO7P/c1-6-8-10-12-14-16-18-20-22-23-24-25-26-28-30-32-34-36-38-40-43-53-45-47(46-55-57(51,52)54-44-42-49(3,4)5)56-48(50)41-39-37-35-33-31-29-27-21-19-17-15-13-11-9-7-2/h14-17,20-22,27,47H,6-13,18-19,23-26,28-46H2,1-5H3/p+1/b16-14-,17-15-,22-20-,27-21-. The van der Waals surface area contributed by atoms with E-state index >= 15 is 0 Å². The van der Waals surface area contributed by atoms with Gasteiger partial charge in [0, 0.05) is 13.0 Å². The van der Waals surface area contributed by atoms with Crippen molar-refractivity contribution in [1.82, 2.24) is 0 Å². The van der Waals surface area contributed by atoms with Gasteiger partial charge < -0.3 is 18.9 Å². The Hall–Kier alpha value is -1.54. The maximum Gasteiger partial charge on any atom is 0.472 e. The Kier molecular flexibility index (Phi) is 40.1. The number of likely N-dealkylation sites (N-methyl/N-ethyl adjacent to an activating group) is 1. The second kappa shape index (κ2) is 41.2. The van der Waals surface area contributed by atoms with Crippen LogP contribution in [0.4, 0.5) is 0 Å². The van der Waals surface area contributed by atoms with Crippen molar-refractivity contribution in [1.29, 1.82) is 0 Å². The molecule has 0 saturated carbocycles. The number of phosphoric ester groups is 1. The second-order valence-corrected chi connectivity index (χ2v) is 18.2. The summed E-state index contributed by atoms with van der Waals surface area (Å²) in [6.07, 6.45) is 50.0. The first-order valence-electron chi connectivity index (χ1n) is 23.4. The average Bonchev–Trinajstić information content (AvgIpc) is 3.16. The average molecular weight is 825 g/mol. The molecule has 0 spiro atoms. The van der Waals surface area contributed by atoms with E-state index in [0.29, 0.717) is 24.1 Å². The molecular formula is C48H91NO7P+. The van der Waals surface area contributed by atoms with Crippen LogP contribution in [0.2, 0.25) is 0 Å². The number of nitrogens with zero attached hydrogens (tertiary/aromatic N) is 1. The molecule has 0 radical (unpaired) electrons. The van der Waals surface area contributed by atoms with Crippen LogP contribution in [0.5, 0.6) is 0 Å². The number of allylic oxidation sites excluding steroid dienone is 8. The van der Waals surface area contributed by atoms with E-state index in [1.54, 1.807) is 0 Å². The van der Waals surface area contributed by atoms with Gasteiger partial charge in [0.05, 0.1) is 34.4 Å². The molecule has 57 heavy (non-hydrogen) atoms. The molecule has 0 rings (SSSR count). The summed E-state index contributed by atoms with van der Waals surface area (Å²) in [4.78, 5) is 22.9. The molecule has 0 saturated heterocycles.